The highest BCUT2D eigenvalue weighted by Gasteiger charge is 2.46. The van der Waals surface area contributed by atoms with Crippen LogP contribution in [0.1, 0.15) is 49.9 Å². The molecule has 2 nitrogen and oxygen atoms in total. The molecule has 1 aliphatic heterocycles. The third-order valence-corrected chi connectivity index (χ3v) is 13.7. The van der Waals surface area contributed by atoms with Crippen LogP contribution in [0.25, 0.3) is 53.6 Å². The van der Waals surface area contributed by atoms with Crippen molar-refractivity contribution < 1.29 is 9.47 Å². The van der Waals surface area contributed by atoms with Crippen molar-refractivity contribution in [1.29, 1.82) is 0 Å². The predicted octanol–water partition coefficient (Wildman–Crippen LogP) is 12.0. The Balaban J connectivity index is 1.07. The predicted molar refractivity (Wildman–Crippen MR) is 232 cm³/mol. The molecular formula is C51H42BO2S. The van der Waals surface area contributed by atoms with E-state index in [0.29, 0.717) is 6.61 Å². The van der Waals surface area contributed by atoms with Crippen LogP contribution in [-0.4, -0.2) is 31.1 Å². The van der Waals surface area contributed by atoms with Crippen molar-refractivity contribution in [3.63, 3.8) is 0 Å². The van der Waals surface area contributed by atoms with Crippen molar-refractivity contribution in [3.05, 3.63) is 186 Å². The normalized spacial score (nSPS) is 17.9. The third-order valence-electron chi connectivity index (χ3n) is 12.4. The zero-order valence-corrected chi connectivity index (χ0v) is 32.5. The van der Waals surface area contributed by atoms with E-state index in [0.717, 1.165) is 0 Å². The van der Waals surface area contributed by atoms with Crippen molar-refractivity contribution >= 4 is 44.3 Å². The van der Waals surface area contributed by atoms with Gasteiger partial charge in [0.2, 0.25) is 0 Å². The van der Waals surface area contributed by atoms with Gasteiger partial charge in [0.15, 0.2) is 7.28 Å². The van der Waals surface area contributed by atoms with Gasteiger partial charge in [-0.25, -0.2) is 0 Å². The number of benzene rings is 7. The Hall–Kier alpha value is -5.26. The SMILES string of the molecule is CC1(C)OC[C@H]([B]c2cccc3c2sc2c(-c4ccc(C5(c6ccc(-c7ccccc7)cc6)c6ccccc6-c6ccccc65)cc4)cccc23)OC1(C)C. The zero-order chi connectivity index (χ0) is 37.4. The van der Waals surface area contributed by atoms with Gasteiger partial charge in [-0.2, -0.15) is 0 Å². The average Bonchev–Trinajstić information content (AvgIpc) is 3.75. The summed E-state index contributed by atoms with van der Waals surface area (Å²) in [6.07, 6.45) is 0. The topological polar surface area (TPSA) is 18.5 Å². The fourth-order valence-corrected chi connectivity index (χ4v) is 10.3. The first-order chi connectivity index (χ1) is 26.7. The molecule has 0 amide bonds. The van der Waals surface area contributed by atoms with Gasteiger partial charge in [-0.1, -0.05) is 169 Å². The number of rotatable bonds is 6. The maximum Gasteiger partial charge on any atom is 0.194 e. The van der Waals surface area contributed by atoms with E-state index < -0.39 is 11.0 Å². The summed E-state index contributed by atoms with van der Waals surface area (Å²) in [5.74, 6) is 0. The Bertz CT molecular complexity index is 2660. The standard InChI is InChI=1S/C51H42BO2S/c1-49(2)50(3,4)54-46(32-53-49)52-45-23-13-20-42-41-19-12-18-38(47(41)55-48(42)45)35-26-30-37(31-27-35)51(36-28-24-34(25-29-36)33-14-6-5-7-15-33)43-21-10-8-16-39(43)40-17-9-11-22-44(40)51/h5-31,46H,32H2,1-4H3/t46-/m1/s1. The molecule has 1 aromatic heterocycles. The summed E-state index contributed by atoms with van der Waals surface area (Å²) in [6.45, 7) is 9.01. The molecule has 2 aliphatic rings. The highest BCUT2D eigenvalue weighted by molar-refractivity contribution is 7.27. The van der Waals surface area contributed by atoms with Gasteiger partial charge in [0, 0.05) is 14.8 Å². The van der Waals surface area contributed by atoms with Crippen molar-refractivity contribution in [2.45, 2.75) is 50.3 Å². The van der Waals surface area contributed by atoms with Crippen LogP contribution in [0.5, 0.6) is 0 Å². The van der Waals surface area contributed by atoms with Gasteiger partial charge in [-0.3, -0.25) is 0 Å². The number of ether oxygens (including phenoxy) is 2. The van der Waals surface area contributed by atoms with E-state index in [9.17, 15) is 0 Å². The van der Waals surface area contributed by atoms with Crippen molar-refractivity contribution in [3.8, 4) is 33.4 Å². The molecule has 267 valence electrons. The van der Waals surface area contributed by atoms with E-state index in [2.05, 4.69) is 199 Å². The summed E-state index contributed by atoms with van der Waals surface area (Å²) >= 11 is 1.88. The fourth-order valence-electron chi connectivity index (χ4n) is 8.97. The minimum atomic E-state index is -0.454. The molecule has 0 saturated carbocycles. The molecule has 1 fully saturated rings. The van der Waals surface area contributed by atoms with E-state index in [1.807, 2.05) is 11.3 Å². The third kappa shape index (κ3) is 5.38. The van der Waals surface area contributed by atoms with Crippen molar-refractivity contribution in [2.75, 3.05) is 6.61 Å². The second-order valence-electron chi connectivity index (χ2n) is 16.0. The zero-order valence-electron chi connectivity index (χ0n) is 31.7. The quantitative estimate of drug-likeness (QED) is 0.159. The maximum atomic E-state index is 6.60. The van der Waals surface area contributed by atoms with Gasteiger partial charge < -0.3 is 9.47 Å². The Morgan fingerprint density at radius 2 is 1.02 bits per heavy atom. The minimum absolute atomic E-state index is 0.112. The maximum absolute atomic E-state index is 6.60. The molecule has 1 saturated heterocycles. The first-order valence-corrected chi connectivity index (χ1v) is 20.1. The molecule has 0 bridgehead atoms. The molecule has 0 unspecified atom stereocenters. The molecule has 8 aromatic rings. The highest BCUT2D eigenvalue weighted by Crippen LogP contribution is 2.56. The van der Waals surface area contributed by atoms with Crippen LogP contribution in [0, 0.1) is 0 Å². The summed E-state index contributed by atoms with van der Waals surface area (Å²) in [6, 6.07) is 60.5. The van der Waals surface area contributed by atoms with Gasteiger partial charge in [0.1, 0.15) is 0 Å². The van der Waals surface area contributed by atoms with Crippen LogP contribution in [0.3, 0.4) is 0 Å². The van der Waals surface area contributed by atoms with E-state index >= 15 is 0 Å². The first-order valence-electron chi connectivity index (χ1n) is 19.3. The molecule has 1 aliphatic carbocycles. The lowest BCUT2D eigenvalue weighted by Crippen LogP contribution is -2.59. The molecule has 0 spiro atoms. The second kappa shape index (κ2) is 12.9. The fraction of sp³-hybridized carbons (Fsp3) is 0.176. The molecule has 2 heterocycles. The van der Waals surface area contributed by atoms with Gasteiger partial charge in [-0.15, -0.1) is 11.3 Å². The largest absolute Gasteiger partial charge is 0.376 e. The van der Waals surface area contributed by atoms with Crippen molar-refractivity contribution in [2.24, 2.45) is 0 Å². The van der Waals surface area contributed by atoms with E-state index in [4.69, 9.17) is 9.47 Å². The summed E-state index contributed by atoms with van der Waals surface area (Å²) < 4.78 is 15.5. The average molecular weight is 730 g/mol. The van der Waals surface area contributed by atoms with E-state index in [1.165, 1.54) is 81.3 Å². The Kier molecular flexibility index (Phi) is 8.04. The summed E-state index contributed by atoms with van der Waals surface area (Å²) in [4.78, 5) is 0. The van der Waals surface area contributed by atoms with Crippen molar-refractivity contribution in [1.82, 2.24) is 0 Å². The Labute approximate surface area is 328 Å². The Morgan fingerprint density at radius 3 is 1.65 bits per heavy atom. The first kappa shape index (κ1) is 34.3. The van der Waals surface area contributed by atoms with Crippen LogP contribution in [0.2, 0.25) is 0 Å². The molecule has 10 rings (SSSR count). The highest BCUT2D eigenvalue weighted by atomic mass is 32.1. The molecule has 55 heavy (non-hydrogen) atoms. The molecule has 1 atom stereocenters. The summed E-state index contributed by atoms with van der Waals surface area (Å²) in [5, 5.41) is 2.56. The van der Waals surface area contributed by atoms with E-state index in [1.54, 1.807) is 0 Å². The number of thiophene rings is 1. The molecule has 0 N–H and O–H groups in total. The lowest BCUT2D eigenvalue weighted by atomic mass is 9.63. The van der Waals surface area contributed by atoms with Gasteiger partial charge in [-0.05, 0) is 88.7 Å². The second-order valence-corrected chi connectivity index (χ2v) is 17.0. The monoisotopic (exact) mass is 729 g/mol. The van der Waals surface area contributed by atoms with Crippen LogP contribution in [0.4, 0.5) is 0 Å². The Morgan fingerprint density at radius 1 is 0.491 bits per heavy atom. The van der Waals surface area contributed by atoms with Crippen LogP contribution < -0.4 is 5.46 Å². The smallest absolute Gasteiger partial charge is 0.194 e. The number of hydrogen-bond acceptors (Lipinski definition) is 3. The molecular weight excluding hydrogens is 687 g/mol. The van der Waals surface area contributed by atoms with E-state index in [-0.39, 0.29) is 11.6 Å². The van der Waals surface area contributed by atoms with Crippen LogP contribution >= 0.6 is 11.3 Å². The van der Waals surface area contributed by atoms with Crippen LogP contribution in [0.15, 0.2) is 164 Å². The minimum Gasteiger partial charge on any atom is -0.376 e. The van der Waals surface area contributed by atoms with Gasteiger partial charge in [0.05, 0.1) is 29.2 Å². The summed E-state index contributed by atoms with van der Waals surface area (Å²) in [5.41, 5.74) is 12.7. The molecule has 4 heteroatoms. The van der Waals surface area contributed by atoms with Gasteiger partial charge in [0.25, 0.3) is 0 Å². The summed E-state index contributed by atoms with van der Waals surface area (Å²) in [7, 11) is 2.26. The lowest BCUT2D eigenvalue weighted by molar-refractivity contribution is -0.243. The molecule has 7 aromatic carbocycles. The lowest BCUT2D eigenvalue weighted by Gasteiger charge is -2.48. The molecule has 1 radical (unpaired) electrons. The number of hydrogen-bond donors (Lipinski definition) is 0. The number of fused-ring (bicyclic) bond motifs is 6. The van der Waals surface area contributed by atoms with Crippen LogP contribution in [-0.2, 0) is 14.9 Å². The van der Waals surface area contributed by atoms with Gasteiger partial charge >= 0.3 is 0 Å².